The Morgan fingerprint density at radius 2 is 0.705 bits per heavy atom. The minimum absolute atomic E-state index is 0.683. The molecule has 0 saturated heterocycles. The highest BCUT2D eigenvalue weighted by molar-refractivity contribution is 6.14. The molecule has 8 aromatic carbocycles. The first-order valence-corrected chi connectivity index (χ1v) is 14.6. The molecule has 4 heteroatoms. The molecule has 0 fully saturated rings. The van der Waals surface area contributed by atoms with E-state index in [0.717, 1.165) is 54.9 Å². The van der Waals surface area contributed by atoms with Gasteiger partial charge in [-0.3, -0.25) is 0 Å². The number of ether oxygens (including phenoxy) is 2. The van der Waals surface area contributed by atoms with E-state index in [1.54, 1.807) is 0 Å². The highest BCUT2D eigenvalue weighted by Gasteiger charge is 2.21. The third-order valence-electron chi connectivity index (χ3n) is 8.16. The van der Waals surface area contributed by atoms with E-state index in [0.29, 0.717) is 22.9 Å². The van der Waals surface area contributed by atoms with E-state index in [1.807, 2.05) is 48.5 Å². The maximum atomic E-state index is 6.67. The number of rotatable bonds is 5. The molecular weight excluding hydrogens is 540 g/mol. The van der Waals surface area contributed by atoms with Gasteiger partial charge in [0.05, 0.1) is 0 Å². The second-order valence-electron chi connectivity index (χ2n) is 11.1. The molecule has 4 N–H and O–H groups in total. The summed E-state index contributed by atoms with van der Waals surface area (Å²) in [6.07, 6.45) is 0. The van der Waals surface area contributed by atoms with Crippen LogP contribution in [0.5, 0.6) is 23.0 Å². The highest BCUT2D eigenvalue weighted by atomic mass is 16.5. The van der Waals surface area contributed by atoms with Gasteiger partial charge in [-0.2, -0.15) is 0 Å². The lowest BCUT2D eigenvalue weighted by molar-refractivity contribution is 0.478. The van der Waals surface area contributed by atoms with Crippen LogP contribution in [-0.4, -0.2) is 0 Å². The van der Waals surface area contributed by atoms with Crippen LogP contribution in [0, 0.1) is 0 Å². The van der Waals surface area contributed by atoms with Crippen LogP contribution in [0.25, 0.3) is 54.2 Å². The minimum atomic E-state index is 0.683. The fourth-order valence-electron chi connectivity index (χ4n) is 6.00. The molecule has 0 aliphatic heterocycles. The summed E-state index contributed by atoms with van der Waals surface area (Å²) in [5.41, 5.74) is 15.3. The maximum Gasteiger partial charge on any atom is 0.136 e. The summed E-state index contributed by atoms with van der Waals surface area (Å²) in [7, 11) is 0. The predicted molar refractivity (Wildman–Crippen MR) is 184 cm³/mol. The van der Waals surface area contributed by atoms with E-state index in [1.165, 1.54) is 10.8 Å². The van der Waals surface area contributed by atoms with Gasteiger partial charge in [-0.1, -0.05) is 60.7 Å². The predicted octanol–water partition coefficient (Wildman–Crippen LogP) is 10.7. The summed E-state index contributed by atoms with van der Waals surface area (Å²) in [6, 6.07) is 49.2. The van der Waals surface area contributed by atoms with Gasteiger partial charge in [0.1, 0.15) is 23.0 Å². The third kappa shape index (κ3) is 4.59. The van der Waals surface area contributed by atoms with Crippen LogP contribution in [0.2, 0.25) is 0 Å². The van der Waals surface area contributed by atoms with Crippen molar-refractivity contribution >= 4 is 54.5 Å². The topological polar surface area (TPSA) is 70.5 Å². The average Bonchev–Trinajstić information content (AvgIpc) is 3.05. The van der Waals surface area contributed by atoms with E-state index in [9.17, 15) is 0 Å². The molecule has 0 radical (unpaired) electrons. The minimum Gasteiger partial charge on any atom is -0.457 e. The molecule has 4 nitrogen and oxygen atoms in total. The normalized spacial score (nSPS) is 11.4. The van der Waals surface area contributed by atoms with E-state index >= 15 is 0 Å². The molecule has 0 saturated carbocycles. The SMILES string of the molecule is Nc1ccc(Oc2ccc3cc4ccccc4cc3c2-c2c(Oc3ccc(N)cc3)ccc3cc4ccccc4cc23)cc1. The molecule has 0 aliphatic rings. The van der Waals surface area contributed by atoms with Gasteiger partial charge in [-0.25, -0.2) is 0 Å². The van der Waals surface area contributed by atoms with Gasteiger partial charge in [0.25, 0.3) is 0 Å². The molecule has 0 bridgehead atoms. The quantitative estimate of drug-likeness (QED) is 0.160. The summed E-state index contributed by atoms with van der Waals surface area (Å²) in [5, 5.41) is 9.02. The van der Waals surface area contributed by atoms with E-state index in [-0.39, 0.29) is 0 Å². The standard InChI is InChI=1S/C40H28N2O2/c41-31-11-15-33(16-12-31)43-37-19-9-29-21-25-5-1-3-7-27(25)23-35(29)39(37)40-36-24-28-8-4-2-6-26(28)22-30(36)10-20-38(40)44-34-17-13-32(42)14-18-34/h1-24H,41-42H2. The molecular formula is C40H28N2O2. The summed E-state index contributed by atoms with van der Waals surface area (Å²) < 4.78 is 13.3. The van der Waals surface area contributed by atoms with E-state index in [2.05, 4.69) is 97.1 Å². The molecule has 0 heterocycles. The molecule has 44 heavy (non-hydrogen) atoms. The zero-order valence-electron chi connectivity index (χ0n) is 23.8. The van der Waals surface area contributed by atoms with E-state index < -0.39 is 0 Å². The lowest BCUT2D eigenvalue weighted by Gasteiger charge is -2.20. The first-order chi connectivity index (χ1) is 21.6. The van der Waals surface area contributed by atoms with Crippen molar-refractivity contribution in [1.29, 1.82) is 0 Å². The van der Waals surface area contributed by atoms with Gasteiger partial charge in [0.2, 0.25) is 0 Å². The zero-order valence-corrected chi connectivity index (χ0v) is 23.8. The second-order valence-corrected chi connectivity index (χ2v) is 11.1. The molecule has 0 amide bonds. The van der Waals surface area contributed by atoms with Crippen LogP contribution in [0.3, 0.4) is 0 Å². The Labute approximate surface area is 254 Å². The second kappa shape index (κ2) is 10.4. The van der Waals surface area contributed by atoms with Crippen LogP contribution in [0.4, 0.5) is 11.4 Å². The van der Waals surface area contributed by atoms with Gasteiger partial charge in [-0.15, -0.1) is 0 Å². The Morgan fingerprint density at radius 1 is 0.341 bits per heavy atom. The van der Waals surface area contributed by atoms with Crippen molar-refractivity contribution in [3.05, 3.63) is 146 Å². The number of nitrogens with two attached hydrogens (primary N) is 2. The first kappa shape index (κ1) is 25.7. The van der Waals surface area contributed by atoms with Crippen LogP contribution in [-0.2, 0) is 0 Å². The Morgan fingerprint density at radius 3 is 1.09 bits per heavy atom. The van der Waals surface area contributed by atoms with Gasteiger partial charge in [0, 0.05) is 22.5 Å². The van der Waals surface area contributed by atoms with Crippen LogP contribution in [0.1, 0.15) is 0 Å². The van der Waals surface area contributed by atoms with Crippen LogP contribution >= 0.6 is 0 Å². The van der Waals surface area contributed by atoms with Crippen molar-refractivity contribution in [1.82, 2.24) is 0 Å². The Balaban J connectivity index is 1.48. The molecule has 0 unspecified atom stereocenters. The van der Waals surface area contributed by atoms with Crippen LogP contribution < -0.4 is 20.9 Å². The number of nitrogen functional groups attached to an aromatic ring is 2. The third-order valence-corrected chi connectivity index (χ3v) is 8.16. The van der Waals surface area contributed by atoms with Crippen molar-refractivity contribution in [2.75, 3.05) is 11.5 Å². The summed E-state index contributed by atoms with van der Waals surface area (Å²) in [5.74, 6) is 2.85. The fourth-order valence-corrected chi connectivity index (χ4v) is 6.00. The van der Waals surface area contributed by atoms with E-state index in [4.69, 9.17) is 20.9 Å². The Hall–Kier alpha value is -6.00. The smallest absolute Gasteiger partial charge is 0.136 e. The summed E-state index contributed by atoms with van der Waals surface area (Å²) >= 11 is 0. The lowest BCUT2D eigenvalue weighted by atomic mass is 9.90. The monoisotopic (exact) mass is 568 g/mol. The van der Waals surface area contributed by atoms with Crippen molar-refractivity contribution < 1.29 is 9.47 Å². The van der Waals surface area contributed by atoms with Gasteiger partial charge < -0.3 is 20.9 Å². The molecule has 0 atom stereocenters. The Kier molecular flexibility index (Phi) is 6.05. The van der Waals surface area contributed by atoms with Crippen LogP contribution in [0.15, 0.2) is 146 Å². The number of hydrogen-bond acceptors (Lipinski definition) is 4. The van der Waals surface area contributed by atoms with Gasteiger partial charge in [0.15, 0.2) is 0 Å². The number of hydrogen-bond donors (Lipinski definition) is 2. The molecule has 210 valence electrons. The summed E-state index contributed by atoms with van der Waals surface area (Å²) in [4.78, 5) is 0. The lowest BCUT2D eigenvalue weighted by Crippen LogP contribution is -1.96. The zero-order chi connectivity index (χ0) is 29.6. The van der Waals surface area contributed by atoms with Crippen molar-refractivity contribution in [2.45, 2.75) is 0 Å². The van der Waals surface area contributed by atoms with Gasteiger partial charge >= 0.3 is 0 Å². The maximum absolute atomic E-state index is 6.67. The van der Waals surface area contributed by atoms with Crippen molar-refractivity contribution in [3.8, 4) is 34.1 Å². The number of anilines is 2. The average molecular weight is 569 g/mol. The number of fused-ring (bicyclic) bond motifs is 4. The molecule has 8 rings (SSSR count). The van der Waals surface area contributed by atoms with Crippen molar-refractivity contribution in [2.24, 2.45) is 0 Å². The largest absolute Gasteiger partial charge is 0.457 e. The molecule has 0 spiro atoms. The first-order valence-electron chi connectivity index (χ1n) is 14.6. The highest BCUT2D eigenvalue weighted by Crippen LogP contribution is 2.48. The van der Waals surface area contributed by atoms with Crippen molar-refractivity contribution in [3.63, 3.8) is 0 Å². The Bertz CT molecular complexity index is 2170. The molecule has 0 aliphatic carbocycles. The molecule has 8 aromatic rings. The fraction of sp³-hybridized carbons (Fsp3) is 0. The summed E-state index contributed by atoms with van der Waals surface area (Å²) in [6.45, 7) is 0. The van der Waals surface area contributed by atoms with Gasteiger partial charge in [-0.05, 0) is 128 Å². The number of benzene rings is 8. The molecule has 0 aromatic heterocycles.